The van der Waals surface area contributed by atoms with Gasteiger partial charge in [0.05, 0.1) is 13.2 Å². The Labute approximate surface area is 103 Å². The van der Waals surface area contributed by atoms with Crippen LogP contribution >= 0.6 is 0 Å². The Hall–Kier alpha value is -1.02. The third-order valence-corrected chi connectivity index (χ3v) is 4.00. The molecule has 1 aliphatic carbocycles. The molecule has 1 aromatic rings. The van der Waals surface area contributed by atoms with Gasteiger partial charge in [0, 0.05) is 17.6 Å². The number of hydrogen-bond acceptors (Lipinski definition) is 2. The van der Waals surface area contributed by atoms with Crippen LogP contribution in [0.3, 0.4) is 0 Å². The number of hydrogen-bond donors (Lipinski definition) is 1. The Bertz CT molecular complexity index is 409. The van der Waals surface area contributed by atoms with Crippen LogP contribution in [-0.2, 0) is 17.6 Å². The van der Waals surface area contributed by atoms with E-state index in [1.54, 1.807) is 11.1 Å². The van der Waals surface area contributed by atoms with Crippen LogP contribution in [0.5, 0.6) is 0 Å². The second kappa shape index (κ2) is 4.34. The Morgan fingerprint density at radius 1 is 1.24 bits per heavy atom. The van der Waals surface area contributed by atoms with Gasteiger partial charge < -0.3 is 10.1 Å². The molecular weight excluding hydrogens is 210 g/mol. The largest absolute Gasteiger partial charge is 0.384 e. The number of nitrogens with one attached hydrogen (secondary N) is 1. The minimum absolute atomic E-state index is 0.345. The van der Waals surface area contributed by atoms with E-state index in [1.807, 2.05) is 0 Å². The third kappa shape index (κ3) is 2.19. The summed E-state index contributed by atoms with van der Waals surface area (Å²) in [6.07, 6.45) is 5.19. The van der Waals surface area contributed by atoms with Gasteiger partial charge in [0.15, 0.2) is 0 Å². The summed E-state index contributed by atoms with van der Waals surface area (Å²) in [5.41, 5.74) is 4.81. The van der Waals surface area contributed by atoms with E-state index in [0.717, 1.165) is 19.8 Å². The molecule has 17 heavy (non-hydrogen) atoms. The van der Waals surface area contributed by atoms with E-state index in [9.17, 15) is 0 Å². The molecule has 1 heterocycles. The SMILES string of the molecule is CC1(CNc2cccc3c2CCCC3)COC1. The maximum Gasteiger partial charge on any atom is 0.0559 e. The zero-order valence-electron chi connectivity index (χ0n) is 10.6. The first-order valence-electron chi connectivity index (χ1n) is 6.69. The summed E-state index contributed by atoms with van der Waals surface area (Å²) in [5, 5.41) is 3.64. The molecule has 1 N–H and O–H groups in total. The van der Waals surface area contributed by atoms with Gasteiger partial charge in [0.25, 0.3) is 0 Å². The minimum atomic E-state index is 0.345. The minimum Gasteiger partial charge on any atom is -0.384 e. The van der Waals surface area contributed by atoms with Gasteiger partial charge in [-0.3, -0.25) is 0 Å². The van der Waals surface area contributed by atoms with E-state index in [4.69, 9.17) is 4.74 Å². The second-order valence-corrected chi connectivity index (χ2v) is 5.81. The summed E-state index contributed by atoms with van der Waals surface area (Å²) in [4.78, 5) is 0. The van der Waals surface area contributed by atoms with Crippen molar-refractivity contribution in [3.63, 3.8) is 0 Å². The highest BCUT2D eigenvalue weighted by atomic mass is 16.5. The van der Waals surface area contributed by atoms with E-state index in [-0.39, 0.29) is 0 Å². The molecule has 0 radical (unpaired) electrons. The lowest BCUT2D eigenvalue weighted by molar-refractivity contribution is -0.0924. The molecule has 1 saturated heterocycles. The summed E-state index contributed by atoms with van der Waals surface area (Å²) in [6.45, 7) is 5.12. The monoisotopic (exact) mass is 231 g/mol. The average Bonchev–Trinajstić information content (AvgIpc) is 2.34. The molecule has 0 atom stereocenters. The van der Waals surface area contributed by atoms with Gasteiger partial charge in [-0.2, -0.15) is 0 Å². The van der Waals surface area contributed by atoms with Crippen molar-refractivity contribution in [2.45, 2.75) is 32.6 Å². The van der Waals surface area contributed by atoms with Gasteiger partial charge in [-0.15, -0.1) is 0 Å². The van der Waals surface area contributed by atoms with Crippen molar-refractivity contribution in [1.29, 1.82) is 0 Å². The first-order valence-corrected chi connectivity index (χ1v) is 6.69. The van der Waals surface area contributed by atoms with E-state index in [2.05, 4.69) is 30.4 Å². The molecule has 0 bridgehead atoms. The lowest BCUT2D eigenvalue weighted by atomic mass is 9.87. The predicted octanol–water partition coefficient (Wildman–Crippen LogP) is 3.01. The van der Waals surface area contributed by atoms with Crippen molar-refractivity contribution in [2.24, 2.45) is 5.41 Å². The smallest absolute Gasteiger partial charge is 0.0559 e. The molecule has 0 spiro atoms. The van der Waals surface area contributed by atoms with Crippen molar-refractivity contribution >= 4 is 5.69 Å². The lowest BCUT2D eigenvalue weighted by Gasteiger charge is -2.38. The molecule has 0 aromatic heterocycles. The van der Waals surface area contributed by atoms with E-state index >= 15 is 0 Å². The van der Waals surface area contributed by atoms with Crippen LogP contribution in [0.15, 0.2) is 18.2 Å². The fourth-order valence-electron chi connectivity index (χ4n) is 2.81. The number of ether oxygens (including phenoxy) is 1. The summed E-state index contributed by atoms with van der Waals surface area (Å²) in [5.74, 6) is 0. The predicted molar refractivity (Wildman–Crippen MR) is 70.5 cm³/mol. The highest BCUT2D eigenvalue weighted by Gasteiger charge is 2.33. The van der Waals surface area contributed by atoms with Crippen LogP contribution in [-0.4, -0.2) is 19.8 Å². The topological polar surface area (TPSA) is 21.3 Å². The molecule has 0 amide bonds. The number of benzene rings is 1. The van der Waals surface area contributed by atoms with Crippen LogP contribution in [0.1, 0.15) is 30.9 Å². The van der Waals surface area contributed by atoms with E-state index in [1.165, 1.54) is 31.4 Å². The summed E-state index contributed by atoms with van der Waals surface area (Å²) in [6, 6.07) is 6.70. The Morgan fingerprint density at radius 2 is 2.06 bits per heavy atom. The van der Waals surface area contributed by atoms with Gasteiger partial charge in [-0.05, 0) is 42.9 Å². The number of fused-ring (bicyclic) bond motifs is 1. The molecule has 1 aliphatic heterocycles. The molecule has 0 saturated carbocycles. The number of anilines is 1. The fraction of sp³-hybridized carbons (Fsp3) is 0.600. The highest BCUT2D eigenvalue weighted by Crippen LogP contribution is 2.31. The first kappa shape index (κ1) is 11.1. The maximum atomic E-state index is 5.30. The first-order chi connectivity index (χ1) is 8.27. The van der Waals surface area contributed by atoms with E-state index in [0.29, 0.717) is 5.41 Å². The van der Waals surface area contributed by atoms with Gasteiger partial charge in [0.1, 0.15) is 0 Å². The molecule has 3 rings (SSSR count). The van der Waals surface area contributed by atoms with Gasteiger partial charge in [-0.1, -0.05) is 19.1 Å². The summed E-state index contributed by atoms with van der Waals surface area (Å²) in [7, 11) is 0. The number of rotatable bonds is 3. The molecule has 0 unspecified atom stereocenters. The number of aryl methyl sites for hydroxylation is 1. The van der Waals surface area contributed by atoms with Gasteiger partial charge >= 0.3 is 0 Å². The summed E-state index contributed by atoms with van der Waals surface area (Å²) < 4.78 is 5.30. The zero-order valence-corrected chi connectivity index (χ0v) is 10.6. The fourth-order valence-corrected chi connectivity index (χ4v) is 2.81. The molecule has 1 aromatic carbocycles. The van der Waals surface area contributed by atoms with Crippen molar-refractivity contribution in [3.8, 4) is 0 Å². The molecule has 2 nitrogen and oxygen atoms in total. The molecule has 2 heteroatoms. The normalized spacial score (nSPS) is 21.5. The van der Waals surface area contributed by atoms with Crippen LogP contribution in [0.4, 0.5) is 5.69 Å². The Kier molecular flexibility index (Phi) is 2.83. The lowest BCUT2D eigenvalue weighted by Crippen LogP contribution is -2.45. The van der Waals surface area contributed by atoms with Crippen molar-refractivity contribution in [2.75, 3.05) is 25.1 Å². The second-order valence-electron chi connectivity index (χ2n) is 5.81. The van der Waals surface area contributed by atoms with Crippen molar-refractivity contribution in [3.05, 3.63) is 29.3 Å². The molecule has 1 fully saturated rings. The van der Waals surface area contributed by atoms with Crippen LogP contribution in [0.2, 0.25) is 0 Å². The van der Waals surface area contributed by atoms with Crippen LogP contribution in [0.25, 0.3) is 0 Å². The molecular formula is C15H21NO. The zero-order chi connectivity index (χ0) is 11.7. The van der Waals surface area contributed by atoms with E-state index < -0.39 is 0 Å². The average molecular weight is 231 g/mol. The molecule has 92 valence electrons. The van der Waals surface area contributed by atoms with Crippen molar-refractivity contribution < 1.29 is 4.74 Å². The van der Waals surface area contributed by atoms with Gasteiger partial charge in [-0.25, -0.2) is 0 Å². The van der Waals surface area contributed by atoms with Crippen molar-refractivity contribution in [1.82, 2.24) is 0 Å². The van der Waals surface area contributed by atoms with Gasteiger partial charge in [0.2, 0.25) is 0 Å². The standard InChI is InChI=1S/C15H21NO/c1-15(10-17-11-15)9-16-14-8-4-6-12-5-2-3-7-13(12)14/h4,6,8,16H,2-3,5,7,9-11H2,1H3. The third-order valence-electron chi connectivity index (χ3n) is 4.00. The Balaban J connectivity index is 1.74. The van der Waals surface area contributed by atoms with Crippen LogP contribution in [0, 0.1) is 5.41 Å². The quantitative estimate of drug-likeness (QED) is 0.863. The maximum absolute atomic E-state index is 5.30. The molecule has 2 aliphatic rings. The Morgan fingerprint density at radius 3 is 2.82 bits per heavy atom. The highest BCUT2D eigenvalue weighted by molar-refractivity contribution is 5.55. The van der Waals surface area contributed by atoms with Crippen LogP contribution < -0.4 is 5.32 Å². The summed E-state index contributed by atoms with van der Waals surface area (Å²) >= 11 is 0.